The highest BCUT2D eigenvalue weighted by molar-refractivity contribution is 7.47. The molecule has 0 aromatic carbocycles. The van der Waals surface area contributed by atoms with E-state index in [1.807, 2.05) is 27.2 Å². The first-order valence-electron chi connectivity index (χ1n) is 39.0. The number of phosphoric ester groups is 1. The number of unbranched alkanes of at least 4 members (excludes halogenated alkanes) is 47. The fourth-order valence-corrected chi connectivity index (χ4v) is 12.4. The summed E-state index contributed by atoms with van der Waals surface area (Å²) in [7, 11) is 1.57. The Hall–Kier alpha value is -2.32. The van der Waals surface area contributed by atoms with E-state index in [2.05, 4.69) is 92.1 Å². The van der Waals surface area contributed by atoms with E-state index < -0.39 is 20.0 Å². The summed E-state index contributed by atoms with van der Waals surface area (Å²) < 4.78 is 23.8. The normalized spacial score (nSPS) is 14.0. The van der Waals surface area contributed by atoms with Gasteiger partial charge in [0.1, 0.15) is 13.2 Å². The van der Waals surface area contributed by atoms with Crippen LogP contribution < -0.4 is 5.32 Å². The number of quaternary nitrogens is 1. The van der Waals surface area contributed by atoms with E-state index in [1.165, 1.54) is 283 Å². The van der Waals surface area contributed by atoms with Gasteiger partial charge in [0, 0.05) is 6.42 Å². The van der Waals surface area contributed by atoms with E-state index in [-0.39, 0.29) is 19.1 Å². The summed E-state index contributed by atoms with van der Waals surface area (Å²) in [6.45, 7) is 4.73. The Morgan fingerprint density at radius 3 is 1.02 bits per heavy atom. The van der Waals surface area contributed by atoms with Gasteiger partial charge in [0.2, 0.25) is 5.91 Å². The van der Waals surface area contributed by atoms with Crippen LogP contribution in [0.4, 0.5) is 0 Å². The number of nitrogens with zero attached hydrogens (tertiary/aromatic N) is 1. The number of carbonyl (C=O) groups excluding carboxylic acids is 1. The van der Waals surface area contributed by atoms with Crippen LogP contribution in [0.15, 0.2) is 85.1 Å². The molecular formula is C81H152N2O6P+. The molecule has 0 heterocycles. The lowest BCUT2D eigenvalue weighted by atomic mass is 10.0. The lowest BCUT2D eigenvalue weighted by Gasteiger charge is -2.25. The van der Waals surface area contributed by atoms with E-state index in [4.69, 9.17) is 9.05 Å². The van der Waals surface area contributed by atoms with Crippen molar-refractivity contribution in [3.05, 3.63) is 85.1 Å². The van der Waals surface area contributed by atoms with E-state index in [0.29, 0.717) is 17.4 Å². The second kappa shape index (κ2) is 71.0. The maximum Gasteiger partial charge on any atom is 0.472 e. The Labute approximate surface area is 560 Å². The SMILES string of the molecule is CC/C=C\C/C=C\C/C=C\C/C=C\C/C=C\CCCCCCCCCCCCCCCCCCCCCCCCCCCC(=O)NC(COP(=O)(O)OCC[N+](C)(C)C)C(O)/C=C/CC/C=C/CCCCCCCCCCCCCCCCCCCCCCC. The lowest BCUT2D eigenvalue weighted by molar-refractivity contribution is -0.870. The maximum absolute atomic E-state index is 13.1. The molecule has 0 aliphatic heterocycles. The zero-order valence-electron chi connectivity index (χ0n) is 60.4. The Morgan fingerprint density at radius 1 is 0.389 bits per heavy atom. The summed E-state index contributed by atoms with van der Waals surface area (Å²) in [6.07, 6.45) is 102. The van der Waals surface area contributed by atoms with Gasteiger partial charge in [-0.2, -0.15) is 0 Å². The minimum Gasteiger partial charge on any atom is -0.387 e. The van der Waals surface area contributed by atoms with Crippen LogP contribution >= 0.6 is 7.82 Å². The zero-order chi connectivity index (χ0) is 65.5. The van der Waals surface area contributed by atoms with Gasteiger partial charge < -0.3 is 19.8 Å². The molecule has 0 saturated heterocycles. The summed E-state index contributed by atoms with van der Waals surface area (Å²) in [5, 5.41) is 14.0. The quantitative estimate of drug-likeness (QED) is 0.0243. The summed E-state index contributed by atoms with van der Waals surface area (Å²) in [5.41, 5.74) is 0. The van der Waals surface area contributed by atoms with Gasteiger partial charge in [-0.3, -0.25) is 13.8 Å². The van der Waals surface area contributed by atoms with Crippen LogP contribution in [-0.2, 0) is 18.4 Å². The molecular weight excluding hydrogens is 1130 g/mol. The van der Waals surface area contributed by atoms with Crippen molar-refractivity contribution < 1.29 is 32.9 Å². The molecule has 3 atom stereocenters. The third-order valence-corrected chi connectivity index (χ3v) is 18.6. The first-order valence-corrected chi connectivity index (χ1v) is 40.5. The fourth-order valence-electron chi connectivity index (χ4n) is 11.6. The number of hydrogen-bond donors (Lipinski definition) is 3. The number of likely N-dealkylation sites (N-methyl/N-ethyl adjacent to an activating group) is 1. The molecule has 1 amide bonds. The van der Waals surface area contributed by atoms with Crippen molar-refractivity contribution in [1.82, 2.24) is 5.32 Å². The number of nitrogens with one attached hydrogen (secondary N) is 1. The Morgan fingerprint density at radius 2 is 0.678 bits per heavy atom. The van der Waals surface area contributed by atoms with E-state index >= 15 is 0 Å². The highest BCUT2D eigenvalue weighted by Crippen LogP contribution is 2.43. The largest absolute Gasteiger partial charge is 0.472 e. The molecule has 0 aromatic rings. The first-order chi connectivity index (χ1) is 44.0. The number of allylic oxidation sites excluding steroid dienone is 13. The molecule has 0 aromatic heterocycles. The minimum absolute atomic E-state index is 0.0564. The topological polar surface area (TPSA) is 105 Å². The van der Waals surface area contributed by atoms with Crippen LogP contribution in [0.2, 0.25) is 0 Å². The summed E-state index contributed by atoms with van der Waals surface area (Å²) in [5.74, 6) is -0.180. The molecule has 3 N–H and O–H groups in total. The average molecular weight is 1280 g/mol. The number of aliphatic hydroxyl groups excluding tert-OH is 1. The van der Waals surface area contributed by atoms with Gasteiger partial charge in [-0.15, -0.1) is 0 Å². The Balaban J connectivity index is 3.96. The second-order valence-electron chi connectivity index (χ2n) is 27.7. The maximum atomic E-state index is 13.1. The van der Waals surface area contributed by atoms with E-state index in [0.717, 1.165) is 70.6 Å². The van der Waals surface area contributed by atoms with Crippen LogP contribution in [0.25, 0.3) is 0 Å². The van der Waals surface area contributed by atoms with E-state index in [1.54, 1.807) is 6.08 Å². The lowest BCUT2D eigenvalue weighted by Crippen LogP contribution is -2.45. The molecule has 9 heteroatoms. The standard InChI is InChI=1S/C81H151N2O6P/c1-6-8-10-12-14-16-18-20-22-24-26-28-30-32-34-35-36-37-38-39-40-41-42-43-44-45-46-47-49-51-53-55-57-59-61-63-65-67-69-71-73-75-81(85)82-79(78-89-90(86,87)88-77-76-83(3,4)5)80(84)74-72-70-68-66-64-62-60-58-56-54-52-50-48-33-31-29-27-25-23-21-19-17-15-13-11-9-7-2/h8,10,14,16,20,22,26,28,32,34,64,66,72,74,79-80,84H,6-7,9,11-13,15,17-19,21,23-25,27,29-31,33,35-63,65,67-71,73,75-78H2,1-5H3,(H-,82,85,86,87)/p+1/b10-8-,16-14-,22-20-,28-26-,34-32-,66-64+,74-72+. The van der Waals surface area contributed by atoms with Crippen LogP contribution in [0, 0.1) is 0 Å². The monoisotopic (exact) mass is 1280 g/mol. The molecule has 0 bridgehead atoms. The average Bonchev–Trinajstić information content (AvgIpc) is 3.09. The molecule has 0 rings (SSSR count). The van der Waals surface area contributed by atoms with Crippen molar-refractivity contribution in [3.63, 3.8) is 0 Å². The second-order valence-corrected chi connectivity index (χ2v) is 29.2. The van der Waals surface area contributed by atoms with Crippen molar-refractivity contribution in [1.29, 1.82) is 0 Å². The van der Waals surface area contributed by atoms with E-state index in [9.17, 15) is 19.4 Å². The number of rotatable bonds is 72. The first kappa shape index (κ1) is 87.7. The molecule has 0 aliphatic rings. The number of carbonyl (C=O) groups is 1. The summed E-state index contributed by atoms with van der Waals surface area (Å²) in [4.78, 5) is 23.5. The van der Waals surface area contributed by atoms with Gasteiger partial charge in [0.25, 0.3) is 0 Å². The van der Waals surface area contributed by atoms with Gasteiger partial charge in [-0.1, -0.05) is 375 Å². The molecule has 8 nitrogen and oxygen atoms in total. The molecule has 526 valence electrons. The molecule has 0 aliphatic carbocycles. The van der Waals surface area contributed by atoms with Crippen LogP contribution in [0.5, 0.6) is 0 Å². The number of amides is 1. The molecule has 0 spiro atoms. The minimum atomic E-state index is -4.37. The molecule has 90 heavy (non-hydrogen) atoms. The van der Waals surface area contributed by atoms with Gasteiger partial charge in [-0.05, 0) is 77.0 Å². The van der Waals surface area contributed by atoms with Crippen molar-refractivity contribution in [2.24, 2.45) is 0 Å². The van der Waals surface area contributed by atoms with Crippen LogP contribution in [0.1, 0.15) is 373 Å². The molecule has 3 unspecified atom stereocenters. The van der Waals surface area contributed by atoms with Gasteiger partial charge in [0.15, 0.2) is 0 Å². The van der Waals surface area contributed by atoms with Gasteiger partial charge in [0.05, 0.1) is 39.9 Å². The van der Waals surface area contributed by atoms with Crippen LogP contribution in [-0.4, -0.2) is 73.4 Å². The molecule has 0 radical (unpaired) electrons. The summed E-state index contributed by atoms with van der Waals surface area (Å²) >= 11 is 0. The zero-order valence-corrected chi connectivity index (χ0v) is 61.3. The molecule has 0 saturated carbocycles. The fraction of sp³-hybridized carbons (Fsp3) is 0.815. The number of hydrogen-bond acceptors (Lipinski definition) is 5. The van der Waals surface area contributed by atoms with Gasteiger partial charge >= 0.3 is 7.82 Å². The predicted molar refractivity (Wildman–Crippen MR) is 396 cm³/mol. The van der Waals surface area contributed by atoms with Gasteiger partial charge in [-0.25, -0.2) is 4.57 Å². The third-order valence-electron chi connectivity index (χ3n) is 17.6. The number of aliphatic hydroxyl groups is 1. The van der Waals surface area contributed by atoms with Crippen molar-refractivity contribution >= 4 is 13.7 Å². The smallest absolute Gasteiger partial charge is 0.387 e. The number of phosphoric acid groups is 1. The molecule has 0 fully saturated rings. The van der Waals surface area contributed by atoms with Crippen molar-refractivity contribution in [2.45, 2.75) is 386 Å². The van der Waals surface area contributed by atoms with Crippen molar-refractivity contribution in [3.8, 4) is 0 Å². The van der Waals surface area contributed by atoms with Crippen LogP contribution in [0.3, 0.4) is 0 Å². The highest BCUT2D eigenvalue weighted by atomic mass is 31.2. The van der Waals surface area contributed by atoms with Crippen molar-refractivity contribution in [2.75, 3.05) is 40.9 Å². The summed E-state index contributed by atoms with van der Waals surface area (Å²) in [6, 6.07) is -0.866. The predicted octanol–water partition coefficient (Wildman–Crippen LogP) is 25.5. The third kappa shape index (κ3) is 73.1. The Bertz CT molecular complexity index is 1750. The highest BCUT2D eigenvalue weighted by Gasteiger charge is 2.28. The Kier molecular flexibility index (Phi) is 69.2.